The summed E-state index contributed by atoms with van der Waals surface area (Å²) in [5.74, 6) is 0.617. The summed E-state index contributed by atoms with van der Waals surface area (Å²) in [5.41, 5.74) is 2.73. The fourth-order valence-electron chi connectivity index (χ4n) is 2.28. The highest BCUT2D eigenvalue weighted by molar-refractivity contribution is 5.90. The highest BCUT2D eigenvalue weighted by Gasteiger charge is 2.04. The van der Waals surface area contributed by atoms with E-state index in [4.69, 9.17) is 4.74 Å². The number of hydrogen-bond acceptors (Lipinski definition) is 3. The fourth-order valence-corrected chi connectivity index (χ4v) is 2.28. The molecule has 0 unspecified atom stereocenters. The molecule has 1 N–H and O–H groups in total. The standard InChI is InChI=1S/C18H15NO2/c1-21-17-8-4-5-14(18(17)20)10-9-13-11-12-19-16-7-3-2-6-15(13)16/h2-12,20H,1H3. The number of methoxy groups -OCH3 is 1. The third-order valence-electron chi connectivity index (χ3n) is 3.38. The van der Waals surface area contributed by atoms with E-state index in [-0.39, 0.29) is 5.75 Å². The Bertz CT molecular complexity index is 804. The molecule has 0 atom stereocenters. The molecule has 0 radical (unpaired) electrons. The average Bonchev–Trinajstić information content (AvgIpc) is 2.54. The Morgan fingerprint density at radius 3 is 2.62 bits per heavy atom. The van der Waals surface area contributed by atoms with Crippen molar-refractivity contribution in [3.63, 3.8) is 0 Å². The summed E-state index contributed by atoms with van der Waals surface area (Å²) in [5, 5.41) is 11.2. The molecule has 3 heteroatoms. The van der Waals surface area contributed by atoms with Gasteiger partial charge in [0.05, 0.1) is 12.6 Å². The summed E-state index contributed by atoms with van der Waals surface area (Å²) >= 11 is 0. The number of nitrogens with zero attached hydrogens (tertiary/aromatic N) is 1. The van der Waals surface area contributed by atoms with Crippen LogP contribution in [0.15, 0.2) is 54.7 Å². The Balaban J connectivity index is 2.03. The van der Waals surface area contributed by atoms with Crippen molar-refractivity contribution in [3.05, 3.63) is 65.9 Å². The Morgan fingerprint density at radius 1 is 0.952 bits per heavy atom. The first-order valence-corrected chi connectivity index (χ1v) is 6.67. The maximum atomic E-state index is 10.1. The summed E-state index contributed by atoms with van der Waals surface area (Å²) in [7, 11) is 1.54. The number of phenolic OH excluding ortho intramolecular Hbond substituents is 1. The van der Waals surface area contributed by atoms with Crippen molar-refractivity contribution in [1.29, 1.82) is 0 Å². The minimum absolute atomic E-state index is 0.148. The highest BCUT2D eigenvalue weighted by Crippen LogP contribution is 2.31. The van der Waals surface area contributed by atoms with Crippen LogP contribution in [0, 0.1) is 0 Å². The van der Waals surface area contributed by atoms with Crippen molar-refractivity contribution >= 4 is 23.1 Å². The molecule has 0 amide bonds. The predicted molar refractivity (Wildman–Crippen MR) is 85.3 cm³/mol. The number of phenols is 1. The van der Waals surface area contributed by atoms with Gasteiger partial charge in [-0.3, -0.25) is 4.98 Å². The van der Waals surface area contributed by atoms with Crippen molar-refractivity contribution in [2.24, 2.45) is 0 Å². The van der Waals surface area contributed by atoms with Crippen LogP contribution in [0.25, 0.3) is 23.1 Å². The molecule has 21 heavy (non-hydrogen) atoms. The van der Waals surface area contributed by atoms with E-state index in [1.165, 1.54) is 0 Å². The second-order valence-corrected chi connectivity index (χ2v) is 4.65. The number of hydrogen-bond donors (Lipinski definition) is 1. The first kappa shape index (κ1) is 13.2. The van der Waals surface area contributed by atoms with Crippen LogP contribution in [0.2, 0.25) is 0 Å². The first-order chi connectivity index (χ1) is 10.3. The maximum Gasteiger partial charge on any atom is 0.165 e. The number of ether oxygens (including phenoxy) is 1. The lowest BCUT2D eigenvalue weighted by Crippen LogP contribution is -1.85. The first-order valence-electron chi connectivity index (χ1n) is 6.67. The molecule has 0 bridgehead atoms. The smallest absolute Gasteiger partial charge is 0.165 e. The third kappa shape index (κ3) is 2.58. The zero-order chi connectivity index (χ0) is 14.7. The summed E-state index contributed by atoms with van der Waals surface area (Å²) < 4.78 is 5.11. The van der Waals surface area contributed by atoms with Crippen molar-refractivity contribution < 1.29 is 9.84 Å². The van der Waals surface area contributed by atoms with E-state index >= 15 is 0 Å². The predicted octanol–water partition coefficient (Wildman–Crippen LogP) is 4.12. The molecule has 0 saturated carbocycles. The van der Waals surface area contributed by atoms with Crippen LogP contribution in [0.5, 0.6) is 11.5 Å². The van der Waals surface area contributed by atoms with Crippen LogP contribution < -0.4 is 4.74 Å². The van der Waals surface area contributed by atoms with Gasteiger partial charge in [-0.25, -0.2) is 0 Å². The fraction of sp³-hybridized carbons (Fsp3) is 0.0556. The molecular formula is C18H15NO2. The molecule has 3 nitrogen and oxygen atoms in total. The van der Waals surface area contributed by atoms with Crippen LogP contribution in [0.3, 0.4) is 0 Å². The summed E-state index contributed by atoms with van der Waals surface area (Å²) in [4.78, 5) is 4.34. The lowest BCUT2D eigenvalue weighted by molar-refractivity contribution is 0.373. The van der Waals surface area contributed by atoms with Gasteiger partial charge in [0, 0.05) is 17.1 Å². The Hall–Kier alpha value is -2.81. The molecule has 104 valence electrons. The zero-order valence-corrected chi connectivity index (χ0v) is 11.7. The topological polar surface area (TPSA) is 42.4 Å². The molecule has 0 spiro atoms. The van der Waals surface area contributed by atoms with Crippen molar-refractivity contribution in [2.75, 3.05) is 7.11 Å². The number of benzene rings is 2. The number of aromatic nitrogens is 1. The molecule has 0 aliphatic heterocycles. The second kappa shape index (κ2) is 5.67. The van der Waals surface area contributed by atoms with Crippen molar-refractivity contribution in [1.82, 2.24) is 4.98 Å². The monoisotopic (exact) mass is 277 g/mol. The van der Waals surface area contributed by atoms with Gasteiger partial charge in [-0.2, -0.15) is 0 Å². The molecule has 2 aromatic carbocycles. The minimum atomic E-state index is 0.148. The molecule has 0 aliphatic rings. The van der Waals surface area contributed by atoms with Gasteiger partial charge in [-0.15, -0.1) is 0 Å². The number of aromatic hydroxyl groups is 1. The molecule has 0 saturated heterocycles. The van der Waals surface area contributed by atoms with Crippen LogP contribution in [0.1, 0.15) is 11.1 Å². The number of pyridine rings is 1. The summed E-state index contributed by atoms with van der Waals surface area (Å²) in [6, 6.07) is 15.4. The van der Waals surface area contributed by atoms with Crippen LogP contribution in [-0.4, -0.2) is 17.2 Å². The van der Waals surface area contributed by atoms with Crippen molar-refractivity contribution in [2.45, 2.75) is 0 Å². The molecule has 3 aromatic rings. The van der Waals surface area contributed by atoms with E-state index in [0.29, 0.717) is 5.75 Å². The van der Waals surface area contributed by atoms with E-state index < -0.39 is 0 Å². The van der Waals surface area contributed by atoms with E-state index in [0.717, 1.165) is 22.0 Å². The third-order valence-corrected chi connectivity index (χ3v) is 3.38. The minimum Gasteiger partial charge on any atom is -0.504 e. The van der Waals surface area contributed by atoms with Crippen LogP contribution in [-0.2, 0) is 0 Å². The van der Waals surface area contributed by atoms with Gasteiger partial charge in [-0.05, 0) is 23.8 Å². The largest absolute Gasteiger partial charge is 0.504 e. The van der Waals surface area contributed by atoms with Gasteiger partial charge < -0.3 is 9.84 Å². The van der Waals surface area contributed by atoms with Gasteiger partial charge in [-0.1, -0.05) is 42.5 Å². The van der Waals surface area contributed by atoms with Gasteiger partial charge in [0.2, 0.25) is 0 Å². The highest BCUT2D eigenvalue weighted by atomic mass is 16.5. The van der Waals surface area contributed by atoms with E-state index in [1.54, 1.807) is 19.4 Å². The molecular weight excluding hydrogens is 262 g/mol. The SMILES string of the molecule is COc1cccc(C=Cc2ccnc3ccccc23)c1O. The number of rotatable bonds is 3. The van der Waals surface area contributed by atoms with Crippen LogP contribution in [0.4, 0.5) is 0 Å². The Labute approximate surface area is 123 Å². The van der Waals surface area contributed by atoms with Gasteiger partial charge in [0.1, 0.15) is 0 Å². The lowest BCUT2D eigenvalue weighted by atomic mass is 10.1. The maximum absolute atomic E-state index is 10.1. The van der Waals surface area contributed by atoms with Gasteiger partial charge >= 0.3 is 0 Å². The molecule has 1 heterocycles. The number of para-hydroxylation sites is 2. The Morgan fingerprint density at radius 2 is 1.76 bits per heavy atom. The van der Waals surface area contributed by atoms with Crippen molar-refractivity contribution in [3.8, 4) is 11.5 Å². The quantitative estimate of drug-likeness (QED) is 0.783. The van der Waals surface area contributed by atoms with Gasteiger partial charge in [0.25, 0.3) is 0 Å². The molecule has 0 fully saturated rings. The molecule has 1 aromatic heterocycles. The second-order valence-electron chi connectivity index (χ2n) is 4.65. The van der Waals surface area contributed by atoms with E-state index in [9.17, 15) is 5.11 Å². The lowest BCUT2D eigenvalue weighted by Gasteiger charge is -2.05. The summed E-state index contributed by atoms with van der Waals surface area (Å²) in [6.07, 6.45) is 5.63. The zero-order valence-electron chi connectivity index (χ0n) is 11.7. The Kier molecular flexibility index (Phi) is 3.56. The van der Waals surface area contributed by atoms with E-state index in [2.05, 4.69) is 4.98 Å². The van der Waals surface area contributed by atoms with Gasteiger partial charge in [0.15, 0.2) is 11.5 Å². The summed E-state index contributed by atoms with van der Waals surface area (Å²) in [6.45, 7) is 0. The van der Waals surface area contributed by atoms with E-state index in [1.807, 2.05) is 54.6 Å². The number of fused-ring (bicyclic) bond motifs is 1. The van der Waals surface area contributed by atoms with Crippen LogP contribution >= 0.6 is 0 Å². The molecule has 0 aliphatic carbocycles. The average molecular weight is 277 g/mol. The normalized spacial score (nSPS) is 11.1. The molecule has 3 rings (SSSR count).